The fraction of sp³-hybridized carbons (Fsp3) is 0.368. The summed E-state index contributed by atoms with van der Waals surface area (Å²) < 4.78 is 27.2. The molecule has 1 atom stereocenters. The molecular weight excluding hydrogens is 280 g/mol. The first-order valence-corrected chi connectivity index (χ1v) is 7.92. The Balaban J connectivity index is 2.16. The van der Waals surface area contributed by atoms with Crippen LogP contribution in [0.5, 0.6) is 0 Å². The SMILES string of the molecule is CCCC(N)C1c2ccc(F)cc2CCc2cc(F)ccc21. The first kappa shape index (κ1) is 15.2. The number of fused-ring (bicyclic) bond motifs is 2. The molecule has 1 nitrogen and oxygen atoms in total. The Morgan fingerprint density at radius 3 is 1.95 bits per heavy atom. The molecule has 3 rings (SSSR count). The zero-order valence-corrected chi connectivity index (χ0v) is 12.8. The molecule has 1 unspecified atom stereocenters. The lowest BCUT2D eigenvalue weighted by Crippen LogP contribution is -2.29. The molecule has 2 N–H and O–H groups in total. The quantitative estimate of drug-likeness (QED) is 0.897. The summed E-state index contributed by atoms with van der Waals surface area (Å²) in [7, 11) is 0. The Morgan fingerprint density at radius 1 is 1.00 bits per heavy atom. The lowest BCUT2D eigenvalue weighted by Gasteiger charge is -2.26. The first-order chi connectivity index (χ1) is 10.6. The van der Waals surface area contributed by atoms with E-state index in [4.69, 9.17) is 5.73 Å². The number of rotatable bonds is 3. The normalized spacial score (nSPS) is 15.8. The third-order valence-electron chi connectivity index (χ3n) is 4.59. The van der Waals surface area contributed by atoms with Gasteiger partial charge in [0, 0.05) is 12.0 Å². The van der Waals surface area contributed by atoms with Crippen LogP contribution >= 0.6 is 0 Å². The van der Waals surface area contributed by atoms with Crippen molar-refractivity contribution in [1.29, 1.82) is 0 Å². The molecule has 0 heterocycles. The fourth-order valence-corrected chi connectivity index (χ4v) is 3.59. The molecule has 2 aromatic carbocycles. The molecule has 0 spiro atoms. The van der Waals surface area contributed by atoms with E-state index in [-0.39, 0.29) is 23.6 Å². The van der Waals surface area contributed by atoms with Crippen molar-refractivity contribution in [1.82, 2.24) is 0 Å². The van der Waals surface area contributed by atoms with E-state index < -0.39 is 0 Å². The van der Waals surface area contributed by atoms with Crippen molar-refractivity contribution in [3.63, 3.8) is 0 Å². The highest BCUT2D eigenvalue weighted by Gasteiger charge is 2.28. The van der Waals surface area contributed by atoms with Crippen molar-refractivity contribution in [3.05, 3.63) is 70.3 Å². The van der Waals surface area contributed by atoms with E-state index in [1.807, 2.05) is 12.1 Å². The summed E-state index contributed by atoms with van der Waals surface area (Å²) in [6, 6.07) is 9.86. The Bertz CT molecular complexity index is 628. The second-order valence-corrected chi connectivity index (χ2v) is 6.12. The van der Waals surface area contributed by atoms with E-state index in [1.165, 1.54) is 12.1 Å². The molecule has 0 fully saturated rings. The highest BCUT2D eigenvalue weighted by Crippen LogP contribution is 2.37. The van der Waals surface area contributed by atoms with Gasteiger partial charge in [-0.15, -0.1) is 0 Å². The minimum absolute atomic E-state index is 0.00801. The summed E-state index contributed by atoms with van der Waals surface area (Å²) in [6.07, 6.45) is 3.32. The van der Waals surface area contributed by atoms with Crippen molar-refractivity contribution >= 4 is 0 Å². The molecule has 0 saturated heterocycles. The number of aryl methyl sites for hydroxylation is 2. The molecule has 0 aliphatic heterocycles. The van der Waals surface area contributed by atoms with Crippen LogP contribution in [0.3, 0.4) is 0 Å². The molecule has 0 saturated carbocycles. The molecular formula is C19H21F2N. The first-order valence-electron chi connectivity index (χ1n) is 7.92. The number of halogens is 2. The van der Waals surface area contributed by atoms with Crippen LogP contribution in [0.1, 0.15) is 47.9 Å². The Labute approximate surface area is 130 Å². The summed E-state index contributed by atoms with van der Waals surface area (Å²) in [5, 5.41) is 0. The summed E-state index contributed by atoms with van der Waals surface area (Å²) in [4.78, 5) is 0. The molecule has 1 aliphatic carbocycles. The Morgan fingerprint density at radius 2 is 1.50 bits per heavy atom. The third-order valence-corrected chi connectivity index (χ3v) is 4.59. The minimum atomic E-state index is -0.223. The molecule has 0 radical (unpaired) electrons. The lowest BCUT2D eigenvalue weighted by molar-refractivity contribution is 0.539. The van der Waals surface area contributed by atoms with Crippen LogP contribution in [0, 0.1) is 11.6 Å². The summed E-state index contributed by atoms with van der Waals surface area (Å²) >= 11 is 0. The molecule has 0 amide bonds. The lowest BCUT2D eigenvalue weighted by atomic mass is 9.81. The summed E-state index contributed by atoms with van der Waals surface area (Å²) in [6.45, 7) is 2.10. The highest BCUT2D eigenvalue weighted by atomic mass is 19.1. The number of hydrogen-bond acceptors (Lipinski definition) is 1. The van der Waals surface area contributed by atoms with Gasteiger partial charge in [-0.05, 0) is 65.8 Å². The maximum atomic E-state index is 13.6. The van der Waals surface area contributed by atoms with Crippen LogP contribution in [-0.2, 0) is 12.8 Å². The Kier molecular flexibility index (Phi) is 4.25. The van der Waals surface area contributed by atoms with Crippen LogP contribution in [0.2, 0.25) is 0 Å². The van der Waals surface area contributed by atoms with Crippen molar-refractivity contribution in [2.24, 2.45) is 5.73 Å². The van der Waals surface area contributed by atoms with Crippen LogP contribution in [-0.4, -0.2) is 6.04 Å². The molecule has 2 aromatic rings. The van der Waals surface area contributed by atoms with E-state index in [0.717, 1.165) is 47.9 Å². The Hall–Kier alpha value is -1.74. The van der Waals surface area contributed by atoms with Gasteiger partial charge in [0.05, 0.1) is 0 Å². The minimum Gasteiger partial charge on any atom is -0.327 e. The zero-order chi connectivity index (χ0) is 15.7. The molecule has 3 heteroatoms. The van der Waals surface area contributed by atoms with E-state index in [9.17, 15) is 8.78 Å². The maximum Gasteiger partial charge on any atom is 0.123 e. The molecule has 22 heavy (non-hydrogen) atoms. The second-order valence-electron chi connectivity index (χ2n) is 6.12. The van der Waals surface area contributed by atoms with E-state index in [0.29, 0.717) is 0 Å². The number of benzene rings is 2. The van der Waals surface area contributed by atoms with Gasteiger partial charge in [0.25, 0.3) is 0 Å². The van der Waals surface area contributed by atoms with Gasteiger partial charge in [0.15, 0.2) is 0 Å². The van der Waals surface area contributed by atoms with Gasteiger partial charge in [-0.25, -0.2) is 8.78 Å². The molecule has 0 aromatic heterocycles. The summed E-state index contributed by atoms with van der Waals surface area (Å²) in [5.74, 6) is -0.439. The van der Waals surface area contributed by atoms with E-state index in [1.54, 1.807) is 12.1 Å². The predicted octanol–water partition coefficient (Wildman–Crippen LogP) is 4.32. The van der Waals surface area contributed by atoms with Crippen molar-refractivity contribution in [2.45, 2.75) is 44.6 Å². The van der Waals surface area contributed by atoms with Crippen LogP contribution in [0.15, 0.2) is 36.4 Å². The maximum absolute atomic E-state index is 13.6. The van der Waals surface area contributed by atoms with Crippen molar-refractivity contribution in [2.75, 3.05) is 0 Å². The van der Waals surface area contributed by atoms with Gasteiger partial charge in [-0.3, -0.25) is 0 Å². The van der Waals surface area contributed by atoms with Gasteiger partial charge in [-0.1, -0.05) is 25.5 Å². The average molecular weight is 301 g/mol. The third kappa shape index (κ3) is 2.78. The topological polar surface area (TPSA) is 26.0 Å². The van der Waals surface area contributed by atoms with Gasteiger partial charge >= 0.3 is 0 Å². The van der Waals surface area contributed by atoms with Crippen molar-refractivity contribution in [3.8, 4) is 0 Å². The standard InChI is InChI=1S/C19H21F2N/c1-2-3-18(22)19-16-8-6-14(20)10-12(16)4-5-13-11-15(21)7-9-17(13)19/h6-11,18-19H,2-5,22H2,1H3. The van der Waals surface area contributed by atoms with Gasteiger partial charge in [0.1, 0.15) is 11.6 Å². The zero-order valence-electron chi connectivity index (χ0n) is 12.8. The second kappa shape index (κ2) is 6.17. The van der Waals surface area contributed by atoms with Crippen molar-refractivity contribution < 1.29 is 8.78 Å². The largest absolute Gasteiger partial charge is 0.327 e. The van der Waals surface area contributed by atoms with Gasteiger partial charge in [-0.2, -0.15) is 0 Å². The van der Waals surface area contributed by atoms with Gasteiger partial charge in [0.2, 0.25) is 0 Å². The highest BCUT2D eigenvalue weighted by molar-refractivity contribution is 5.46. The monoisotopic (exact) mass is 301 g/mol. The molecule has 0 bridgehead atoms. The number of hydrogen-bond donors (Lipinski definition) is 1. The van der Waals surface area contributed by atoms with Crippen LogP contribution < -0.4 is 5.73 Å². The summed E-state index contributed by atoms with van der Waals surface area (Å²) in [5.41, 5.74) is 10.6. The fourth-order valence-electron chi connectivity index (χ4n) is 3.59. The molecule has 1 aliphatic rings. The van der Waals surface area contributed by atoms with Crippen LogP contribution in [0.25, 0.3) is 0 Å². The van der Waals surface area contributed by atoms with Gasteiger partial charge < -0.3 is 5.73 Å². The van der Waals surface area contributed by atoms with E-state index >= 15 is 0 Å². The average Bonchev–Trinajstić information content (AvgIpc) is 2.64. The van der Waals surface area contributed by atoms with E-state index in [2.05, 4.69) is 6.92 Å². The smallest absolute Gasteiger partial charge is 0.123 e. The molecule has 116 valence electrons. The van der Waals surface area contributed by atoms with Crippen LogP contribution in [0.4, 0.5) is 8.78 Å². The number of nitrogens with two attached hydrogens (primary N) is 1. The predicted molar refractivity (Wildman–Crippen MR) is 84.9 cm³/mol.